The summed E-state index contributed by atoms with van der Waals surface area (Å²) in [6, 6.07) is 9.96. The average Bonchev–Trinajstić information content (AvgIpc) is 2.60. The molecule has 0 saturated carbocycles. The van der Waals surface area contributed by atoms with Crippen molar-refractivity contribution in [3.63, 3.8) is 0 Å². The van der Waals surface area contributed by atoms with Crippen molar-refractivity contribution in [3.05, 3.63) is 48.2 Å². The van der Waals surface area contributed by atoms with Crippen molar-refractivity contribution in [3.8, 4) is 0 Å². The molecule has 2 rings (SSSR count). The van der Waals surface area contributed by atoms with E-state index in [4.69, 9.17) is 20.9 Å². The number of aromatic nitrogens is 1. The molecule has 0 amide bonds. The zero-order valence-corrected chi connectivity index (χ0v) is 18.3. The third-order valence-electron chi connectivity index (χ3n) is 3.86. The Labute approximate surface area is 177 Å². The second-order valence-electron chi connectivity index (χ2n) is 8.96. The second kappa shape index (κ2) is 8.31. The van der Waals surface area contributed by atoms with Gasteiger partial charge in [0.05, 0.1) is 5.69 Å². The molecule has 0 spiro atoms. The van der Waals surface area contributed by atoms with Gasteiger partial charge < -0.3 is 26.3 Å². The van der Waals surface area contributed by atoms with Crippen molar-refractivity contribution >= 4 is 29.1 Å². The molecule has 1 aromatic carbocycles. The average molecular weight is 415 g/mol. The van der Waals surface area contributed by atoms with Gasteiger partial charge in [0.25, 0.3) is 0 Å². The molecule has 5 N–H and O–H groups in total. The molecule has 0 fully saturated rings. The highest BCUT2D eigenvalue weighted by Gasteiger charge is 2.49. The van der Waals surface area contributed by atoms with Crippen LogP contribution < -0.4 is 16.8 Å². The van der Waals surface area contributed by atoms with Crippen LogP contribution in [0.15, 0.2) is 42.6 Å². The lowest BCUT2D eigenvalue weighted by Gasteiger charge is -2.32. The van der Waals surface area contributed by atoms with Gasteiger partial charge in [-0.3, -0.25) is 0 Å². The number of nitrogen functional groups attached to an aromatic ring is 1. The van der Waals surface area contributed by atoms with Gasteiger partial charge in [-0.05, 0) is 71.4 Å². The van der Waals surface area contributed by atoms with Crippen LogP contribution in [0.1, 0.15) is 47.1 Å². The van der Waals surface area contributed by atoms with E-state index < -0.39 is 28.7 Å². The number of anilines is 3. The fraction of sp³-hybridized carbons (Fsp3) is 0.409. The minimum absolute atomic E-state index is 0.213. The summed E-state index contributed by atoms with van der Waals surface area (Å²) in [6.07, 6.45) is 1.59. The second-order valence-corrected chi connectivity index (χ2v) is 8.96. The standard InChI is InChI=1S/C22H30N4O4/c1-20(2,3)29-18(27)22(24,19(28)30-21(4,5)6)14-9-7-10-15(13-14)26-17-16(23)11-8-12-25-17/h7-13H,23-24H2,1-6H3,(H,25,26). The molecule has 0 saturated heterocycles. The normalized spacial score (nSPS) is 12.2. The van der Waals surface area contributed by atoms with Crippen LogP contribution in [0.25, 0.3) is 0 Å². The molecular formula is C22H30N4O4. The molecule has 0 aliphatic carbocycles. The minimum atomic E-state index is -2.16. The number of carbonyl (C=O) groups excluding carboxylic acids is 2. The molecule has 0 unspecified atom stereocenters. The van der Waals surface area contributed by atoms with Crippen molar-refractivity contribution in [2.45, 2.75) is 58.3 Å². The van der Waals surface area contributed by atoms with Crippen LogP contribution in [0, 0.1) is 0 Å². The Morgan fingerprint density at radius 1 is 0.933 bits per heavy atom. The van der Waals surface area contributed by atoms with Crippen LogP contribution in [-0.4, -0.2) is 28.1 Å². The Morgan fingerprint density at radius 2 is 1.50 bits per heavy atom. The predicted octanol–water partition coefficient (Wildman–Crippen LogP) is 3.24. The predicted molar refractivity (Wildman–Crippen MR) is 116 cm³/mol. The number of benzene rings is 1. The topological polar surface area (TPSA) is 130 Å². The van der Waals surface area contributed by atoms with Crippen LogP contribution in [-0.2, 0) is 24.6 Å². The first-order chi connectivity index (χ1) is 13.7. The monoisotopic (exact) mass is 414 g/mol. The molecule has 0 atom stereocenters. The highest BCUT2D eigenvalue weighted by molar-refractivity contribution is 6.06. The molecule has 162 valence electrons. The molecule has 2 aromatic rings. The van der Waals surface area contributed by atoms with E-state index in [1.807, 2.05) is 0 Å². The van der Waals surface area contributed by atoms with Gasteiger partial charge in [0.1, 0.15) is 11.2 Å². The quantitative estimate of drug-likeness (QED) is 0.502. The van der Waals surface area contributed by atoms with Crippen LogP contribution in [0.2, 0.25) is 0 Å². The van der Waals surface area contributed by atoms with E-state index in [2.05, 4.69) is 10.3 Å². The van der Waals surface area contributed by atoms with Crippen molar-refractivity contribution in [1.29, 1.82) is 0 Å². The molecule has 0 radical (unpaired) electrons. The fourth-order valence-electron chi connectivity index (χ4n) is 2.54. The first kappa shape index (κ1) is 23.2. The van der Waals surface area contributed by atoms with E-state index in [9.17, 15) is 9.59 Å². The molecular weight excluding hydrogens is 384 g/mol. The van der Waals surface area contributed by atoms with Crippen molar-refractivity contribution < 1.29 is 19.1 Å². The number of ether oxygens (including phenoxy) is 2. The SMILES string of the molecule is CC(C)(C)OC(=O)C(N)(C(=O)OC(C)(C)C)c1cccc(Nc2ncccc2N)c1. The largest absolute Gasteiger partial charge is 0.458 e. The Morgan fingerprint density at radius 3 is 2.00 bits per heavy atom. The Hall–Kier alpha value is -3.13. The molecule has 0 aliphatic heterocycles. The van der Waals surface area contributed by atoms with Crippen LogP contribution in [0.3, 0.4) is 0 Å². The smallest absolute Gasteiger partial charge is 0.343 e. The lowest BCUT2D eigenvalue weighted by atomic mass is 9.90. The number of nitrogens with zero attached hydrogens (tertiary/aromatic N) is 1. The summed E-state index contributed by atoms with van der Waals surface area (Å²) in [5.41, 5.74) is 9.68. The lowest BCUT2D eigenvalue weighted by molar-refractivity contribution is -0.177. The molecule has 1 heterocycles. The maximum absolute atomic E-state index is 13.0. The number of pyridine rings is 1. The third-order valence-corrected chi connectivity index (χ3v) is 3.86. The molecule has 8 nitrogen and oxygen atoms in total. The van der Waals surface area contributed by atoms with E-state index >= 15 is 0 Å². The summed E-state index contributed by atoms with van der Waals surface area (Å²) in [5, 5.41) is 3.06. The van der Waals surface area contributed by atoms with E-state index in [1.165, 1.54) is 0 Å². The van der Waals surface area contributed by atoms with Crippen molar-refractivity contribution in [1.82, 2.24) is 4.98 Å². The summed E-state index contributed by atoms with van der Waals surface area (Å²) >= 11 is 0. The van der Waals surface area contributed by atoms with E-state index in [-0.39, 0.29) is 5.56 Å². The van der Waals surface area contributed by atoms with Crippen LogP contribution in [0.4, 0.5) is 17.2 Å². The Balaban J connectivity index is 2.49. The van der Waals surface area contributed by atoms with Gasteiger partial charge in [-0.2, -0.15) is 0 Å². The Kier molecular flexibility index (Phi) is 6.42. The van der Waals surface area contributed by atoms with Crippen LogP contribution >= 0.6 is 0 Å². The summed E-state index contributed by atoms with van der Waals surface area (Å²) < 4.78 is 10.9. The van der Waals surface area contributed by atoms with E-state index in [1.54, 1.807) is 84.1 Å². The van der Waals surface area contributed by atoms with E-state index in [0.717, 1.165) is 0 Å². The van der Waals surface area contributed by atoms with Crippen molar-refractivity contribution in [2.75, 3.05) is 11.1 Å². The number of hydrogen-bond donors (Lipinski definition) is 3. The molecule has 0 aliphatic rings. The summed E-state index contributed by atoms with van der Waals surface area (Å²) in [6.45, 7) is 10.2. The zero-order chi connectivity index (χ0) is 22.7. The maximum Gasteiger partial charge on any atom is 0.343 e. The summed E-state index contributed by atoms with van der Waals surface area (Å²) in [4.78, 5) is 30.2. The zero-order valence-electron chi connectivity index (χ0n) is 18.3. The number of esters is 2. The molecule has 8 heteroatoms. The molecule has 1 aromatic heterocycles. The number of rotatable bonds is 5. The Bertz CT molecular complexity index is 901. The van der Waals surface area contributed by atoms with E-state index in [0.29, 0.717) is 17.2 Å². The van der Waals surface area contributed by atoms with Crippen LogP contribution in [0.5, 0.6) is 0 Å². The highest BCUT2D eigenvalue weighted by atomic mass is 16.6. The summed E-state index contributed by atoms with van der Waals surface area (Å²) in [7, 11) is 0. The number of nitrogens with two attached hydrogens (primary N) is 2. The van der Waals surface area contributed by atoms with Crippen molar-refractivity contribution in [2.24, 2.45) is 5.73 Å². The van der Waals surface area contributed by atoms with Gasteiger partial charge in [-0.15, -0.1) is 0 Å². The van der Waals surface area contributed by atoms with Gasteiger partial charge in [0.2, 0.25) is 5.54 Å². The first-order valence-corrected chi connectivity index (χ1v) is 9.56. The number of hydrogen-bond acceptors (Lipinski definition) is 8. The van der Waals surface area contributed by atoms with Gasteiger partial charge in [0.15, 0.2) is 5.82 Å². The third kappa shape index (κ3) is 5.70. The summed E-state index contributed by atoms with van der Waals surface area (Å²) in [5.74, 6) is -1.37. The van der Waals surface area contributed by atoms with Gasteiger partial charge in [-0.1, -0.05) is 12.1 Å². The van der Waals surface area contributed by atoms with Gasteiger partial charge in [0, 0.05) is 11.9 Å². The fourth-order valence-corrected chi connectivity index (χ4v) is 2.54. The molecule has 30 heavy (non-hydrogen) atoms. The lowest BCUT2D eigenvalue weighted by Crippen LogP contribution is -2.56. The van der Waals surface area contributed by atoms with Gasteiger partial charge >= 0.3 is 11.9 Å². The first-order valence-electron chi connectivity index (χ1n) is 9.56. The molecule has 0 bridgehead atoms. The van der Waals surface area contributed by atoms with Gasteiger partial charge in [-0.25, -0.2) is 14.6 Å². The maximum atomic E-state index is 13.0. The minimum Gasteiger partial charge on any atom is -0.458 e. The number of nitrogens with one attached hydrogen (secondary N) is 1. The number of carbonyl (C=O) groups is 2. The highest BCUT2D eigenvalue weighted by Crippen LogP contribution is 2.30.